The van der Waals surface area contributed by atoms with E-state index in [0.29, 0.717) is 35.7 Å². The van der Waals surface area contributed by atoms with E-state index in [1.165, 1.54) is 6.08 Å². The van der Waals surface area contributed by atoms with Crippen LogP contribution in [0.5, 0.6) is 11.5 Å². The number of allylic oxidation sites excluding steroid dienone is 1. The van der Waals surface area contributed by atoms with Gasteiger partial charge in [0, 0.05) is 6.26 Å². The fraction of sp³-hybridized carbons (Fsp3) is 0.167. The number of carbonyl (C=O) groups is 1. The van der Waals surface area contributed by atoms with Crippen LogP contribution in [0.25, 0.3) is 6.08 Å². The van der Waals surface area contributed by atoms with Crippen molar-refractivity contribution in [3.8, 4) is 17.6 Å². The molecule has 0 fully saturated rings. The highest BCUT2D eigenvalue weighted by Crippen LogP contribution is 2.27. The molecular formula is C24H21ClN4O5S2. The molecule has 0 saturated carbocycles. The van der Waals surface area contributed by atoms with Gasteiger partial charge in [0.2, 0.25) is 19.3 Å². The van der Waals surface area contributed by atoms with E-state index in [1.54, 1.807) is 30.3 Å². The molecule has 1 N–H and O–H groups in total. The van der Waals surface area contributed by atoms with Crippen molar-refractivity contribution < 1.29 is 22.7 Å². The van der Waals surface area contributed by atoms with Gasteiger partial charge < -0.3 is 9.47 Å². The minimum absolute atomic E-state index is 0.0438. The molecule has 9 nitrogen and oxygen atoms in total. The molecule has 0 aliphatic carbocycles. The molecular weight excluding hydrogens is 524 g/mol. The summed E-state index contributed by atoms with van der Waals surface area (Å²) in [6.45, 7) is 4.30. The number of halogens is 1. The van der Waals surface area contributed by atoms with Crippen molar-refractivity contribution in [1.29, 1.82) is 5.26 Å². The molecule has 12 heteroatoms. The number of nitrogens with zero attached hydrogens (tertiary/aromatic N) is 3. The fourth-order valence-electron chi connectivity index (χ4n) is 2.89. The molecule has 186 valence electrons. The highest BCUT2D eigenvalue weighted by atomic mass is 35.5. The molecule has 0 unspecified atom stereocenters. The van der Waals surface area contributed by atoms with E-state index in [9.17, 15) is 18.5 Å². The molecule has 0 radical (unpaired) electrons. The first-order valence-electron chi connectivity index (χ1n) is 10.4. The molecule has 36 heavy (non-hydrogen) atoms. The summed E-state index contributed by atoms with van der Waals surface area (Å²) in [7, 11) is -3.55. The van der Waals surface area contributed by atoms with Crippen LogP contribution in [-0.4, -0.2) is 44.0 Å². The number of para-hydroxylation sites is 1. The first-order chi connectivity index (χ1) is 17.2. The highest BCUT2D eigenvalue weighted by molar-refractivity contribution is 7.92. The first kappa shape index (κ1) is 26.9. The maximum atomic E-state index is 12.4. The first-order valence-corrected chi connectivity index (χ1v) is 13.5. The summed E-state index contributed by atoms with van der Waals surface area (Å²) in [5.74, 6) is 0.414. The number of nitriles is 1. The summed E-state index contributed by atoms with van der Waals surface area (Å²) in [5.41, 5.74) is 1.28. The molecule has 1 amide bonds. The third-order valence-electron chi connectivity index (χ3n) is 4.51. The summed E-state index contributed by atoms with van der Waals surface area (Å²) >= 11 is 7.00. The molecule has 3 rings (SSSR count). The number of aromatic nitrogens is 2. The van der Waals surface area contributed by atoms with Crippen LogP contribution in [0.4, 0.5) is 5.13 Å². The van der Waals surface area contributed by atoms with Crippen LogP contribution < -0.4 is 14.8 Å². The second kappa shape index (κ2) is 12.3. The smallest absolute Gasteiger partial charge is 0.268 e. The van der Waals surface area contributed by atoms with Crippen molar-refractivity contribution in [2.24, 2.45) is 0 Å². The number of sulfone groups is 1. The van der Waals surface area contributed by atoms with E-state index < -0.39 is 15.7 Å². The Bertz CT molecular complexity index is 1440. The summed E-state index contributed by atoms with van der Waals surface area (Å²) in [5, 5.41) is 19.1. The van der Waals surface area contributed by atoms with Crippen molar-refractivity contribution >= 4 is 49.9 Å². The second-order valence-corrected chi connectivity index (χ2v) is 10.8. The van der Waals surface area contributed by atoms with Gasteiger partial charge in [0.1, 0.15) is 36.4 Å². The van der Waals surface area contributed by atoms with Gasteiger partial charge in [-0.05, 0) is 41.8 Å². The van der Waals surface area contributed by atoms with Crippen LogP contribution in [0.2, 0.25) is 5.02 Å². The largest absolute Gasteiger partial charge is 0.490 e. The number of ether oxygens (including phenoxy) is 2. The van der Waals surface area contributed by atoms with E-state index in [2.05, 4.69) is 22.1 Å². The molecule has 1 heterocycles. The molecule has 0 saturated heterocycles. The van der Waals surface area contributed by atoms with Gasteiger partial charge in [0.15, 0.2) is 0 Å². The molecule has 3 aromatic rings. The third kappa shape index (κ3) is 7.39. The van der Waals surface area contributed by atoms with Crippen LogP contribution >= 0.6 is 22.9 Å². The number of hydrogen-bond acceptors (Lipinski definition) is 9. The van der Waals surface area contributed by atoms with Gasteiger partial charge in [0.25, 0.3) is 5.91 Å². The van der Waals surface area contributed by atoms with Crippen molar-refractivity contribution in [3.05, 3.63) is 76.8 Å². The van der Waals surface area contributed by atoms with Gasteiger partial charge in [-0.15, -0.1) is 16.8 Å². The summed E-state index contributed by atoms with van der Waals surface area (Å²) < 4.78 is 34.3. The maximum absolute atomic E-state index is 12.4. The van der Waals surface area contributed by atoms with Gasteiger partial charge in [-0.25, -0.2) is 8.42 Å². The van der Waals surface area contributed by atoms with Crippen LogP contribution in [0.1, 0.15) is 11.1 Å². The van der Waals surface area contributed by atoms with Crippen molar-refractivity contribution in [2.45, 2.75) is 10.8 Å². The zero-order chi connectivity index (χ0) is 26.1. The highest BCUT2D eigenvalue weighted by Gasteiger charge is 2.17. The zero-order valence-corrected chi connectivity index (χ0v) is 21.5. The van der Waals surface area contributed by atoms with Gasteiger partial charge in [-0.2, -0.15) is 5.26 Å². The lowest BCUT2D eigenvalue weighted by atomic mass is 10.1. The van der Waals surface area contributed by atoms with Crippen LogP contribution in [0, 0.1) is 11.3 Å². The predicted octanol–water partition coefficient (Wildman–Crippen LogP) is 4.33. The Morgan fingerprint density at radius 1 is 1.19 bits per heavy atom. The Morgan fingerprint density at radius 3 is 2.56 bits per heavy atom. The minimum Gasteiger partial charge on any atom is -0.490 e. The Kier molecular flexibility index (Phi) is 9.19. The standard InChI is InChI=1S/C24H21ClN4O5S2/c1-3-6-17-7-4-5-8-20(17)33-11-12-34-21-10-9-16(14-19(21)25)13-18(15-26)22(30)27-23-28-29-24(35-23)36(2,31)32/h3-5,7-10,13-14H,1,6,11-12H2,2H3,(H,27,28,30)/b18-13-. The number of rotatable bonds is 11. The Morgan fingerprint density at radius 2 is 1.92 bits per heavy atom. The number of benzene rings is 2. The van der Waals surface area contributed by atoms with Crippen molar-refractivity contribution in [2.75, 3.05) is 24.8 Å². The lowest BCUT2D eigenvalue weighted by Crippen LogP contribution is -2.13. The van der Waals surface area contributed by atoms with E-state index in [4.69, 9.17) is 21.1 Å². The number of amides is 1. The van der Waals surface area contributed by atoms with Gasteiger partial charge in [0.05, 0.1) is 5.02 Å². The quantitative estimate of drug-likeness (QED) is 0.124. The van der Waals surface area contributed by atoms with Crippen LogP contribution in [0.3, 0.4) is 0 Å². The zero-order valence-electron chi connectivity index (χ0n) is 19.1. The third-order valence-corrected chi connectivity index (χ3v) is 7.31. The lowest BCUT2D eigenvalue weighted by Gasteiger charge is -2.12. The average molecular weight is 545 g/mol. The van der Waals surface area contributed by atoms with Crippen LogP contribution in [-0.2, 0) is 21.1 Å². The monoisotopic (exact) mass is 544 g/mol. The van der Waals surface area contributed by atoms with Gasteiger partial charge >= 0.3 is 0 Å². The molecule has 0 aliphatic heterocycles. The summed E-state index contributed by atoms with van der Waals surface area (Å²) in [6, 6.07) is 14.3. The number of carbonyl (C=O) groups excluding carboxylic acids is 1. The SMILES string of the molecule is C=CCc1ccccc1OCCOc1ccc(/C=C(/C#N)C(=O)Nc2nnc(S(C)(=O)=O)s2)cc1Cl. The molecule has 0 aliphatic rings. The molecule has 0 atom stereocenters. The Labute approximate surface area is 217 Å². The Balaban J connectivity index is 1.60. The predicted molar refractivity (Wildman–Crippen MR) is 138 cm³/mol. The maximum Gasteiger partial charge on any atom is 0.268 e. The summed E-state index contributed by atoms with van der Waals surface area (Å²) in [4.78, 5) is 12.4. The van der Waals surface area contributed by atoms with E-state index >= 15 is 0 Å². The Hall–Kier alpha value is -3.72. The van der Waals surface area contributed by atoms with E-state index in [1.807, 2.05) is 24.3 Å². The fourth-order valence-corrected chi connectivity index (χ4v) is 4.63. The molecule has 0 bridgehead atoms. The number of hydrogen-bond donors (Lipinski definition) is 1. The van der Waals surface area contributed by atoms with Crippen molar-refractivity contribution in [3.63, 3.8) is 0 Å². The van der Waals surface area contributed by atoms with Gasteiger partial charge in [-0.3, -0.25) is 10.1 Å². The normalized spacial score (nSPS) is 11.4. The van der Waals surface area contributed by atoms with Crippen LogP contribution in [0.15, 0.2) is 65.0 Å². The number of nitrogens with one attached hydrogen (secondary N) is 1. The molecule has 0 spiro atoms. The molecule has 2 aromatic carbocycles. The molecule has 1 aromatic heterocycles. The topological polar surface area (TPSA) is 131 Å². The van der Waals surface area contributed by atoms with E-state index in [-0.39, 0.29) is 26.7 Å². The van der Waals surface area contributed by atoms with Gasteiger partial charge in [-0.1, -0.05) is 53.3 Å². The second-order valence-electron chi connectivity index (χ2n) is 7.26. The average Bonchev–Trinajstić information content (AvgIpc) is 3.31. The summed E-state index contributed by atoms with van der Waals surface area (Å²) in [6.07, 6.45) is 4.82. The minimum atomic E-state index is -3.55. The number of anilines is 1. The van der Waals surface area contributed by atoms with E-state index in [0.717, 1.165) is 17.6 Å². The lowest BCUT2D eigenvalue weighted by molar-refractivity contribution is -0.112. The van der Waals surface area contributed by atoms with Crippen molar-refractivity contribution in [1.82, 2.24) is 10.2 Å².